The predicted octanol–water partition coefficient (Wildman–Crippen LogP) is -3.58. The van der Waals surface area contributed by atoms with Gasteiger partial charge in [0, 0.05) is 42.0 Å². The van der Waals surface area contributed by atoms with E-state index in [1.54, 1.807) is 12.1 Å². The van der Waals surface area contributed by atoms with Gasteiger partial charge in [0.25, 0.3) is 0 Å². The van der Waals surface area contributed by atoms with E-state index in [2.05, 4.69) is 14.1 Å². The van der Waals surface area contributed by atoms with E-state index in [1.165, 1.54) is 13.2 Å². The Morgan fingerprint density at radius 2 is 1.71 bits per heavy atom. The van der Waals surface area contributed by atoms with Crippen molar-refractivity contribution in [3.8, 4) is 0 Å². The topological polar surface area (TPSA) is 185 Å². The standard InChI is InChI=1S/C24H31NO11S3.2Na/c1-16-24(2,11-6-4-5-8-22(26)34-3)23-19-14-17(39(31,32)33)15-21(37-36-35-27)18(19)9-10-20(23)25(16)12-7-13-38(28,29)30;;/h9-10,14-15H,4-8,11-13H2,1-3H3,(H2-,27,28,29,30,31,32,33);;/q;2*+1/p-2. The minimum Gasteiger partial charge on any atom is -0.748 e. The smallest absolute Gasteiger partial charge is 0.748 e. The van der Waals surface area contributed by atoms with Crippen molar-refractivity contribution in [1.82, 2.24) is 0 Å². The van der Waals surface area contributed by atoms with Crippen LogP contribution in [0, 0.1) is 0 Å². The number of rotatable bonds is 14. The zero-order valence-electron chi connectivity index (χ0n) is 23.6. The zero-order chi connectivity index (χ0) is 29.0. The van der Waals surface area contributed by atoms with Crippen molar-refractivity contribution in [3.05, 3.63) is 29.8 Å². The number of hydrogen-bond donors (Lipinski definition) is 0. The number of methoxy groups -OCH3 is 1. The van der Waals surface area contributed by atoms with Crippen LogP contribution in [0.2, 0.25) is 0 Å². The summed E-state index contributed by atoms with van der Waals surface area (Å²) in [5.74, 6) is -0.850. The van der Waals surface area contributed by atoms with Gasteiger partial charge >= 0.3 is 65.1 Å². The second-order valence-corrected chi connectivity index (χ2v) is 13.1. The largest absolute Gasteiger partial charge is 1.00 e. The second-order valence-electron chi connectivity index (χ2n) is 9.47. The molecule has 1 atom stereocenters. The molecule has 0 bridgehead atoms. The van der Waals surface area contributed by atoms with E-state index in [9.17, 15) is 36.0 Å². The van der Waals surface area contributed by atoms with Crippen molar-refractivity contribution in [2.75, 3.05) is 19.4 Å². The molecule has 0 aromatic heterocycles. The maximum absolute atomic E-state index is 12.0. The maximum Gasteiger partial charge on any atom is 1.00 e. The fourth-order valence-electron chi connectivity index (χ4n) is 5.11. The fourth-order valence-corrected chi connectivity index (χ4v) is 6.74. The molecule has 2 aromatic rings. The monoisotopic (exact) mass is 649 g/mol. The Kier molecular flexibility index (Phi) is 15.4. The van der Waals surface area contributed by atoms with Crippen LogP contribution in [0.5, 0.6) is 0 Å². The molecular formula is C24H29NNa2O11S3. The van der Waals surface area contributed by atoms with Gasteiger partial charge < -0.3 is 19.1 Å². The number of nitrogens with zero attached hydrogens (tertiary/aromatic N) is 1. The van der Waals surface area contributed by atoms with Gasteiger partial charge in [-0.2, -0.15) is 8.91 Å². The molecule has 41 heavy (non-hydrogen) atoms. The molecule has 0 amide bonds. The van der Waals surface area contributed by atoms with E-state index in [-0.39, 0.29) is 89.4 Å². The normalized spacial score (nSPS) is 16.7. The zero-order valence-corrected chi connectivity index (χ0v) is 30.1. The van der Waals surface area contributed by atoms with Crippen molar-refractivity contribution in [3.63, 3.8) is 0 Å². The molecule has 1 unspecified atom stereocenters. The number of fused-ring (bicyclic) bond motifs is 3. The number of hydrogen-bond acceptors (Lipinski definition) is 12. The van der Waals surface area contributed by atoms with Crippen molar-refractivity contribution in [2.24, 2.45) is 0 Å². The van der Waals surface area contributed by atoms with Gasteiger partial charge in [0.2, 0.25) is 5.69 Å². The molecule has 2 aromatic carbocycles. The molecule has 216 valence electrons. The number of carbonyl (C=O) groups excluding carboxylic acids is 1. The number of carbonyl (C=O) groups is 1. The Labute approximate surface area is 288 Å². The van der Waals surface area contributed by atoms with E-state index < -0.39 is 36.3 Å². The van der Waals surface area contributed by atoms with Crippen molar-refractivity contribution >= 4 is 60.4 Å². The van der Waals surface area contributed by atoms with Crippen LogP contribution in [0.1, 0.15) is 57.9 Å². The van der Waals surface area contributed by atoms with Gasteiger partial charge in [0.1, 0.15) is 16.7 Å². The summed E-state index contributed by atoms with van der Waals surface area (Å²) in [6, 6.07) is 5.85. The average molecular weight is 650 g/mol. The van der Waals surface area contributed by atoms with Crippen LogP contribution < -0.4 is 64.4 Å². The number of esters is 1. The second kappa shape index (κ2) is 16.3. The van der Waals surface area contributed by atoms with Crippen LogP contribution >= 0.6 is 12.0 Å². The molecule has 0 fully saturated rings. The molecule has 0 saturated carbocycles. The quantitative estimate of drug-likeness (QED) is 0.0287. The minimum atomic E-state index is -4.89. The molecule has 0 saturated heterocycles. The maximum atomic E-state index is 12.0. The van der Waals surface area contributed by atoms with E-state index in [0.717, 1.165) is 11.8 Å². The van der Waals surface area contributed by atoms with Gasteiger partial charge in [-0.05, 0) is 48.7 Å². The summed E-state index contributed by atoms with van der Waals surface area (Å²) >= 11 is 0.470. The molecule has 0 radical (unpaired) electrons. The summed E-state index contributed by atoms with van der Waals surface area (Å²) in [4.78, 5) is 11.1. The Morgan fingerprint density at radius 3 is 2.29 bits per heavy atom. The first kappa shape index (κ1) is 38.9. The SMILES string of the molecule is COC(=O)CCCCCC1(C)C(C)=[N+](CCCS(=O)(=O)[O-])c2ccc3c(SOO[O-])cc(S(=O)(=O)[O-])cc3c21.[Na+].[Na+]. The summed E-state index contributed by atoms with van der Waals surface area (Å²) in [5, 5.41) is 14.9. The number of unbranched alkanes of at least 4 members (excludes halogenated alkanes) is 2. The van der Waals surface area contributed by atoms with Gasteiger partial charge in [0.15, 0.2) is 5.71 Å². The first-order valence-corrected chi connectivity index (χ1v) is 15.8. The predicted molar refractivity (Wildman–Crippen MR) is 137 cm³/mol. The third-order valence-electron chi connectivity index (χ3n) is 7.10. The van der Waals surface area contributed by atoms with E-state index in [1.807, 2.05) is 18.4 Å². The van der Waals surface area contributed by atoms with Crippen molar-refractivity contribution in [1.29, 1.82) is 0 Å². The molecule has 17 heteroatoms. The molecule has 0 aliphatic carbocycles. The number of ether oxygens (including phenoxy) is 1. The summed E-state index contributed by atoms with van der Waals surface area (Å²) in [6.45, 7) is 4.07. The van der Waals surface area contributed by atoms with Gasteiger partial charge in [-0.1, -0.05) is 12.8 Å². The van der Waals surface area contributed by atoms with Crippen LogP contribution in [0.4, 0.5) is 5.69 Å². The van der Waals surface area contributed by atoms with Crippen molar-refractivity contribution in [2.45, 2.75) is 67.6 Å². The summed E-state index contributed by atoms with van der Waals surface area (Å²) in [6.07, 6.45) is 2.94. The van der Waals surface area contributed by atoms with Gasteiger partial charge in [0.05, 0.1) is 39.6 Å². The van der Waals surface area contributed by atoms with Gasteiger partial charge in [-0.25, -0.2) is 16.8 Å². The van der Waals surface area contributed by atoms with Crippen LogP contribution in [-0.2, 0) is 44.6 Å². The first-order valence-electron chi connectivity index (χ1n) is 12.0. The molecule has 12 nitrogen and oxygen atoms in total. The molecule has 1 aliphatic rings. The molecule has 1 heterocycles. The summed E-state index contributed by atoms with van der Waals surface area (Å²) in [7, 11) is -7.99. The molecule has 0 N–H and O–H groups in total. The summed E-state index contributed by atoms with van der Waals surface area (Å²) in [5.41, 5.74) is 1.56. The fraction of sp³-hybridized carbons (Fsp3) is 0.500. The molecule has 3 rings (SSSR count). The number of benzene rings is 2. The van der Waals surface area contributed by atoms with Gasteiger partial charge in [-0.3, -0.25) is 9.83 Å². The Bertz CT molecular complexity index is 1500. The van der Waals surface area contributed by atoms with Crippen LogP contribution in [-0.4, -0.2) is 61.6 Å². The van der Waals surface area contributed by atoms with Gasteiger partial charge in [-0.15, -0.1) is 0 Å². The van der Waals surface area contributed by atoms with Crippen molar-refractivity contribution < 1.29 is 114 Å². The third-order valence-corrected chi connectivity index (χ3v) is 9.34. The van der Waals surface area contributed by atoms with E-state index >= 15 is 0 Å². The average Bonchev–Trinajstić information content (AvgIpc) is 3.07. The Balaban J connectivity index is 0.00000420. The summed E-state index contributed by atoms with van der Waals surface area (Å²) < 4.78 is 80.7. The molecule has 0 spiro atoms. The van der Waals surface area contributed by atoms with E-state index in [0.29, 0.717) is 59.7 Å². The van der Waals surface area contributed by atoms with E-state index in [4.69, 9.17) is 0 Å². The molecular weight excluding hydrogens is 620 g/mol. The first-order chi connectivity index (χ1) is 18.2. The minimum absolute atomic E-state index is 0. The van der Waals surface area contributed by atoms with Crippen LogP contribution in [0.3, 0.4) is 0 Å². The Morgan fingerprint density at radius 1 is 1.02 bits per heavy atom. The van der Waals surface area contributed by atoms with Crippen LogP contribution in [0.25, 0.3) is 10.8 Å². The third kappa shape index (κ3) is 9.69. The van der Waals surface area contributed by atoms with Crippen LogP contribution in [0.15, 0.2) is 34.1 Å². The molecule has 1 aliphatic heterocycles. The Hall–Kier alpha value is -0.110.